The fraction of sp³-hybridized carbons (Fsp3) is 0.318. The molecular weight excluding hydrogens is 384 g/mol. The van der Waals surface area contributed by atoms with Crippen molar-refractivity contribution in [3.63, 3.8) is 0 Å². The average molecular weight is 411 g/mol. The summed E-state index contributed by atoms with van der Waals surface area (Å²) >= 11 is 5.29. The van der Waals surface area contributed by atoms with Crippen LogP contribution in [0, 0.1) is 0 Å². The Bertz CT molecular complexity index is 864. The number of hydrogen-bond donors (Lipinski definition) is 2. The fourth-order valence-electron chi connectivity index (χ4n) is 3.20. The van der Waals surface area contributed by atoms with Crippen LogP contribution in [0.2, 0.25) is 0 Å². The number of carbonyl (C=O) groups is 2. The van der Waals surface area contributed by atoms with E-state index in [2.05, 4.69) is 22.6 Å². The topological polar surface area (TPSA) is 64.7 Å². The summed E-state index contributed by atoms with van der Waals surface area (Å²) < 4.78 is 0. The Morgan fingerprint density at radius 3 is 2.34 bits per heavy atom. The van der Waals surface area contributed by atoms with Crippen molar-refractivity contribution in [3.8, 4) is 0 Å². The second-order valence-electron chi connectivity index (χ2n) is 7.13. The monoisotopic (exact) mass is 410 g/mol. The molecule has 0 radical (unpaired) electrons. The molecule has 0 aromatic heterocycles. The van der Waals surface area contributed by atoms with E-state index < -0.39 is 0 Å². The maximum atomic E-state index is 12.9. The minimum atomic E-state index is -0.158. The van der Waals surface area contributed by atoms with Gasteiger partial charge < -0.3 is 20.4 Å². The fourth-order valence-corrected chi connectivity index (χ4v) is 3.43. The van der Waals surface area contributed by atoms with Crippen LogP contribution in [0.4, 0.5) is 5.69 Å². The lowest BCUT2D eigenvalue weighted by Crippen LogP contribution is -2.47. The lowest BCUT2D eigenvalue weighted by atomic mass is 10.1. The molecule has 2 aromatic carbocycles. The first kappa shape index (κ1) is 21.0. The Hall–Kier alpha value is -2.77. The Balaban J connectivity index is 1.56. The molecule has 2 aromatic rings. The molecule has 1 heterocycles. The molecule has 1 aliphatic heterocycles. The normalized spacial score (nSPS) is 14.3. The first-order valence-corrected chi connectivity index (χ1v) is 10.2. The number of hydrogen-bond acceptors (Lipinski definition) is 4. The van der Waals surface area contributed by atoms with Gasteiger partial charge in [0, 0.05) is 32.6 Å². The van der Waals surface area contributed by atoms with Crippen molar-refractivity contribution in [1.29, 1.82) is 0 Å². The van der Waals surface area contributed by atoms with Gasteiger partial charge in [-0.05, 0) is 43.4 Å². The molecule has 1 saturated heterocycles. The van der Waals surface area contributed by atoms with Crippen molar-refractivity contribution < 1.29 is 9.59 Å². The van der Waals surface area contributed by atoms with Gasteiger partial charge in [0.25, 0.3) is 5.91 Å². The zero-order chi connectivity index (χ0) is 20.6. The molecule has 0 spiro atoms. The number of rotatable bonds is 5. The summed E-state index contributed by atoms with van der Waals surface area (Å²) in [6.07, 6.45) is 0.988. The van der Waals surface area contributed by atoms with E-state index in [9.17, 15) is 9.59 Å². The van der Waals surface area contributed by atoms with Crippen LogP contribution in [0.5, 0.6) is 0 Å². The molecule has 1 aliphatic rings. The summed E-state index contributed by atoms with van der Waals surface area (Å²) in [6, 6.07) is 17.1. The SMILES string of the molecule is CN1CCN(C(=O)c2ccccc2NC(=S)NC(=O)CCc2ccccc2)CC1. The molecule has 0 bridgehead atoms. The minimum Gasteiger partial charge on any atom is -0.336 e. The van der Waals surface area contributed by atoms with Crippen LogP contribution in [0.15, 0.2) is 54.6 Å². The Labute approximate surface area is 176 Å². The van der Waals surface area contributed by atoms with Crippen LogP contribution in [0.3, 0.4) is 0 Å². The quantitative estimate of drug-likeness (QED) is 0.742. The summed E-state index contributed by atoms with van der Waals surface area (Å²) in [5.41, 5.74) is 2.26. The van der Waals surface area contributed by atoms with Gasteiger partial charge in [-0.3, -0.25) is 9.59 Å². The molecule has 2 N–H and O–H groups in total. The van der Waals surface area contributed by atoms with Crippen molar-refractivity contribution in [2.75, 3.05) is 38.5 Å². The number of nitrogens with zero attached hydrogens (tertiary/aromatic N) is 2. The number of thiocarbonyl (C=S) groups is 1. The molecule has 29 heavy (non-hydrogen) atoms. The van der Waals surface area contributed by atoms with Gasteiger partial charge >= 0.3 is 0 Å². The van der Waals surface area contributed by atoms with Gasteiger partial charge in [0.1, 0.15) is 0 Å². The highest BCUT2D eigenvalue weighted by Gasteiger charge is 2.22. The highest BCUT2D eigenvalue weighted by atomic mass is 32.1. The summed E-state index contributed by atoms with van der Waals surface area (Å²) in [7, 11) is 2.05. The third-order valence-corrected chi connectivity index (χ3v) is 5.14. The summed E-state index contributed by atoms with van der Waals surface area (Å²) in [4.78, 5) is 29.2. The molecule has 0 unspecified atom stereocenters. The van der Waals surface area contributed by atoms with Crippen LogP contribution >= 0.6 is 12.2 Å². The van der Waals surface area contributed by atoms with E-state index in [1.165, 1.54) is 0 Å². The largest absolute Gasteiger partial charge is 0.336 e. The predicted octanol–water partition coefficient (Wildman–Crippen LogP) is 2.52. The molecule has 152 valence electrons. The van der Waals surface area contributed by atoms with Crippen molar-refractivity contribution in [1.82, 2.24) is 15.1 Å². The van der Waals surface area contributed by atoms with Crippen molar-refractivity contribution in [2.24, 2.45) is 0 Å². The lowest BCUT2D eigenvalue weighted by Gasteiger charge is -2.32. The van der Waals surface area contributed by atoms with Crippen molar-refractivity contribution >= 4 is 34.8 Å². The molecule has 0 aliphatic carbocycles. The van der Waals surface area contributed by atoms with Gasteiger partial charge in [-0.25, -0.2) is 0 Å². The number of nitrogens with one attached hydrogen (secondary N) is 2. The first-order valence-electron chi connectivity index (χ1n) is 9.74. The summed E-state index contributed by atoms with van der Waals surface area (Å²) in [5, 5.41) is 5.91. The molecule has 6 nitrogen and oxygen atoms in total. The molecule has 0 saturated carbocycles. The zero-order valence-electron chi connectivity index (χ0n) is 16.6. The van der Waals surface area contributed by atoms with Gasteiger partial charge in [-0.2, -0.15) is 0 Å². The van der Waals surface area contributed by atoms with Crippen molar-refractivity contribution in [2.45, 2.75) is 12.8 Å². The maximum Gasteiger partial charge on any atom is 0.256 e. The van der Waals surface area contributed by atoms with E-state index in [0.717, 1.165) is 18.7 Å². The van der Waals surface area contributed by atoms with Gasteiger partial charge in [-0.1, -0.05) is 42.5 Å². The second kappa shape index (κ2) is 10.1. The predicted molar refractivity (Wildman–Crippen MR) is 119 cm³/mol. The minimum absolute atomic E-state index is 0.0283. The summed E-state index contributed by atoms with van der Waals surface area (Å²) in [5.74, 6) is -0.186. The van der Waals surface area contributed by atoms with E-state index in [-0.39, 0.29) is 16.9 Å². The number of likely N-dealkylation sites (N-methyl/N-ethyl adjacent to an activating group) is 1. The van der Waals surface area contributed by atoms with Crippen LogP contribution in [0.25, 0.3) is 0 Å². The van der Waals surface area contributed by atoms with Crippen LogP contribution in [-0.4, -0.2) is 60.0 Å². The third-order valence-electron chi connectivity index (χ3n) is 4.93. The molecule has 0 atom stereocenters. The maximum absolute atomic E-state index is 12.9. The standard InChI is InChI=1S/C22H26N4O2S/c1-25-13-15-26(16-14-25)21(28)18-9-5-6-10-19(18)23-22(29)24-20(27)12-11-17-7-3-2-4-8-17/h2-10H,11-16H2,1H3,(H2,23,24,27,29). The van der Waals surface area contributed by atoms with Crippen LogP contribution in [-0.2, 0) is 11.2 Å². The number of aryl methyl sites for hydroxylation is 1. The summed E-state index contributed by atoms with van der Waals surface area (Å²) in [6.45, 7) is 3.11. The zero-order valence-corrected chi connectivity index (χ0v) is 17.4. The number of para-hydroxylation sites is 1. The number of benzene rings is 2. The van der Waals surface area contributed by atoms with Crippen LogP contribution in [0.1, 0.15) is 22.3 Å². The smallest absolute Gasteiger partial charge is 0.256 e. The van der Waals surface area contributed by atoms with Crippen LogP contribution < -0.4 is 10.6 Å². The van der Waals surface area contributed by atoms with E-state index in [1.807, 2.05) is 47.4 Å². The average Bonchev–Trinajstić information content (AvgIpc) is 2.73. The van der Waals surface area contributed by atoms with E-state index in [0.29, 0.717) is 37.2 Å². The van der Waals surface area contributed by atoms with E-state index >= 15 is 0 Å². The molecular formula is C22H26N4O2S. The van der Waals surface area contributed by atoms with E-state index in [1.54, 1.807) is 12.1 Å². The Morgan fingerprint density at radius 1 is 0.966 bits per heavy atom. The molecule has 2 amide bonds. The highest BCUT2D eigenvalue weighted by Crippen LogP contribution is 2.18. The third kappa shape index (κ3) is 6.10. The first-order chi connectivity index (χ1) is 14.0. The number of amides is 2. The molecule has 1 fully saturated rings. The van der Waals surface area contributed by atoms with Gasteiger partial charge in [-0.15, -0.1) is 0 Å². The highest BCUT2D eigenvalue weighted by molar-refractivity contribution is 7.80. The molecule has 7 heteroatoms. The van der Waals surface area contributed by atoms with Gasteiger partial charge in [0.2, 0.25) is 5.91 Å². The Morgan fingerprint density at radius 2 is 1.62 bits per heavy atom. The Kier molecular flexibility index (Phi) is 7.32. The second-order valence-corrected chi connectivity index (χ2v) is 7.54. The van der Waals surface area contributed by atoms with E-state index in [4.69, 9.17) is 12.2 Å². The van der Waals surface area contributed by atoms with Gasteiger partial charge in [0.05, 0.1) is 11.3 Å². The number of piperazine rings is 1. The van der Waals surface area contributed by atoms with Crippen molar-refractivity contribution in [3.05, 3.63) is 65.7 Å². The number of carbonyl (C=O) groups excluding carboxylic acids is 2. The molecule has 3 rings (SSSR count). The van der Waals surface area contributed by atoms with Gasteiger partial charge in [0.15, 0.2) is 5.11 Å². The number of anilines is 1. The lowest BCUT2D eigenvalue weighted by molar-refractivity contribution is -0.119.